The smallest absolute Gasteiger partial charge is 0.118 e. The highest BCUT2D eigenvalue weighted by atomic mass is 35.5. The lowest BCUT2D eigenvalue weighted by atomic mass is 9.84. The molecule has 0 N–H and O–H groups in total. The van der Waals surface area contributed by atoms with E-state index in [1.165, 1.54) is 24.8 Å². The van der Waals surface area contributed by atoms with Crippen LogP contribution in [0, 0.1) is 0 Å². The van der Waals surface area contributed by atoms with Crippen LogP contribution in [-0.4, -0.2) is 12.5 Å². The highest BCUT2D eigenvalue weighted by Gasteiger charge is 2.24. The van der Waals surface area contributed by atoms with Crippen LogP contribution in [-0.2, 0) is 0 Å². The topological polar surface area (TPSA) is 9.23 Å². The van der Waals surface area contributed by atoms with Gasteiger partial charge in [0.25, 0.3) is 0 Å². The van der Waals surface area contributed by atoms with E-state index in [2.05, 4.69) is 12.1 Å². The van der Waals surface area contributed by atoms with Gasteiger partial charge < -0.3 is 4.74 Å². The van der Waals surface area contributed by atoms with Gasteiger partial charge in [-0.2, -0.15) is 0 Å². The number of halogens is 1. The molecule has 0 bridgehead atoms. The van der Waals surface area contributed by atoms with E-state index < -0.39 is 0 Å². The van der Waals surface area contributed by atoms with Crippen LogP contribution < -0.4 is 4.74 Å². The van der Waals surface area contributed by atoms with Crippen molar-refractivity contribution in [2.75, 3.05) is 7.11 Å². The molecule has 0 aliphatic heterocycles. The second kappa shape index (κ2) is 4.89. The molecule has 0 heterocycles. The van der Waals surface area contributed by atoms with Crippen molar-refractivity contribution in [2.45, 2.75) is 37.0 Å². The Hall–Kier alpha value is -0.690. The van der Waals surface area contributed by atoms with E-state index in [9.17, 15) is 0 Å². The molecule has 1 saturated carbocycles. The normalized spacial score (nSPS) is 26.3. The second-order valence-corrected chi connectivity index (χ2v) is 4.74. The third-order valence-corrected chi connectivity index (χ3v) is 3.75. The fraction of sp³-hybridized carbons (Fsp3) is 0.538. The zero-order valence-electron chi connectivity index (χ0n) is 9.08. The Balaban J connectivity index is 2.13. The lowest BCUT2D eigenvalue weighted by Crippen LogP contribution is -2.17. The maximum atomic E-state index is 6.36. The summed E-state index contributed by atoms with van der Waals surface area (Å²) in [5.74, 6) is 1.45. The monoisotopic (exact) mass is 224 g/mol. The quantitative estimate of drug-likeness (QED) is 0.691. The molecule has 0 saturated heterocycles. The van der Waals surface area contributed by atoms with Crippen LogP contribution in [0.3, 0.4) is 0 Å². The van der Waals surface area contributed by atoms with Crippen molar-refractivity contribution in [3.8, 4) is 5.75 Å². The van der Waals surface area contributed by atoms with Gasteiger partial charge >= 0.3 is 0 Å². The summed E-state index contributed by atoms with van der Waals surface area (Å²) in [6.07, 6.45) is 4.96. The molecule has 1 nitrogen and oxygen atoms in total. The van der Waals surface area contributed by atoms with Crippen molar-refractivity contribution in [3.05, 3.63) is 29.8 Å². The molecule has 82 valence electrons. The summed E-state index contributed by atoms with van der Waals surface area (Å²) >= 11 is 6.36. The third kappa shape index (κ3) is 2.46. The first-order chi connectivity index (χ1) is 7.31. The van der Waals surface area contributed by atoms with E-state index >= 15 is 0 Å². The minimum Gasteiger partial charge on any atom is -0.497 e. The Morgan fingerprint density at radius 1 is 1.13 bits per heavy atom. The molecule has 2 heteroatoms. The lowest BCUT2D eigenvalue weighted by molar-refractivity contribution is 0.413. The van der Waals surface area contributed by atoms with E-state index in [4.69, 9.17) is 16.3 Å². The zero-order chi connectivity index (χ0) is 10.7. The van der Waals surface area contributed by atoms with Crippen molar-refractivity contribution in [1.29, 1.82) is 0 Å². The maximum absolute atomic E-state index is 6.36. The van der Waals surface area contributed by atoms with Gasteiger partial charge in [-0.25, -0.2) is 0 Å². The molecule has 0 amide bonds. The van der Waals surface area contributed by atoms with Gasteiger partial charge in [0.2, 0.25) is 0 Å². The summed E-state index contributed by atoms with van der Waals surface area (Å²) in [5, 5.41) is 0.312. The Morgan fingerprint density at radius 2 is 1.80 bits per heavy atom. The van der Waals surface area contributed by atoms with E-state index in [1.54, 1.807) is 7.11 Å². The first kappa shape index (κ1) is 10.8. The van der Waals surface area contributed by atoms with Crippen molar-refractivity contribution < 1.29 is 4.74 Å². The zero-order valence-corrected chi connectivity index (χ0v) is 9.83. The van der Waals surface area contributed by atoms with E-state index in [-0.39, 0.29) is 0 Å². The Bertz CT molecular complexity index is 307. The molecule has 0 spiro atoms. The van der Waals surface area contributed by atoms with Crippen LogP contribution >= 0.6 is 11.6 Å². The summed E-state index contributed by atoms with van der Waals surface area (Å²) in [4.78, 5) is 0. The summed E-state index contributed by atoms with van der Waals surface area (Å²) in [6.45, 7) is 0. The Morgan fingerprint density at radius 3 is 2.40 bits per heavy atom. The van der Waals surface area contributed by atoms with Gasteiger partial charge in [0.05, 0.1) is 7.11 Å². The number of methoxy groups -OCH3 is 1. The minimum atomic E-state index is 0.312. The Labute approximate surface area is 96.4 Å². The van der Waals surface area contributed by atoms with Crippen LogP contribution in [0.2, 0.25) is 0 Å². The molecule has 1 aliphatic rings. The number of alkyl halides is 1. The minimum absolute atomic E-state index is 0.312. The van der Waals surface area contributed by atoms with Crippen molar-refractivity contribution in [1.82, 2.24) is 0 Å². The molecular formula is C13H17ClO. The van der Waals surface area contributed by atoms with Gasteiger partial charge in [-0.1, -0.05) is 25.0 Å². The summed E-state index contributed by atoms with van der Waals surface area (Å²) in [7, 11) is 1.69. The number of hydrogen-bond donors (Lipinski definition) is 0. The molecule has 1 aliphatic carbocycles. The Kier molecular flexibility index (Phi) is 3.53. The summed E-state index contributed by atoms with van der Waals surface area (Å²) < 4.78 is 5.15. The van der Waals surface area contributed by atoms with Crippen LogP contribution in [0.4, 0.5) is 0 Å². The molecule has 2 atom stereocenters. The first-order valence-corrected chi connectivity index (χ1v) is 6.03. The maximum Gasteiger partial charge on any atom is 0.118 e. The lowest BCUT2D eigenvalue weighted by Gasteiger charge is -2.27. The fourth-order valence-corrected chi connectivity index (χ4v) is 2.74. The molecule has 15 heavy (non-hydrogen) atoms. The van der Waals surface area contributed by atoms with Crippen molar-refractivity contribution in [3.63, 3.8) is 0 Å². The van der Waals surface area contributed by atoms with Gasteiger partial charge in [0.15, 0.2) is 0 Å². The van der Waals surface area contributed by atoms with Crippen LogP contribution in [0.15, 0.2) is 24.3 Å². The highest BCUT2D eigenvalue weighted by Crippen LogP contribution is 2.36. The number of rotatable bonds is 2. The average Bonchev–Trinajstić information content (AvgIpc) is 2.30. The van der Waals surface area contributed by atoms with Crippen LogP contribution in [0.1, 0.15) is 37.2 Å². The molecular weight excluding hydrogens is 208 g/mol. The second-order valence-electron chi connectivity index (χ2n) is 4.18. The number of ether oxygens (including phenoxy) is 1. The van der Waals surface area contributed by atoms with Crippen LogP contribution in [0.5, 0.6) is 5.75 Å². The molecule has 2 unspecified atom stereocenters. The third-order valence-electron chi connectivity index (χ3n) is 3.23. The van der Waals surface area contributed by atoms with Crippen molar-refractivity contribution >= 4 is 11.6 Å². The molecule has 0 radical (unpaired) electrons. The van der Waals surface area contributed by atoms with Crippen molar-refractivity contribution in [2.24, 2.45) is 0 Å². The molecule has 1 aromatic rings. The highest BCUT2D eigenvalue weighted by molar-refractivity contribution is 6.21. The molecule has 2 rings (SSSR count). The standard InChI is InChI=1S/C13H17ClO/c1-15-11-8-6-10(7-9-11)12-4-2-3-5-13(12)14/h6-9,12-13H,2-5H2,1H3. The predicted octanol–water partition coefficient (Wildman–Crippen LogP) is 3.96. The fourth-order valence-electron chi connectivity index (χ4n) is 2.31. The largest absolute Gasteiger partial charge is 0.497 e. The number of hydrogen-bond acceptors (Lipinski definition) is 1. The van der Waals surface area contributed by atoms with Gasteiger partial charge in [0.1, 0.15) is 5.75 Å². The van der Waals surface area contributed by atoms with Gasteiger partial charge in [0, 0.05) is 11.3 Å². The predicted molar refractivity (Wildman–Crippen MR) is 63.8 cm³/mol. The van der Waals surface area contributed by atoms with Gasteiger partial charge in [-0.15, -0.1) is 11.6 Å². The van der Waals surface area contributed by atoms with E-state index in [1.807, 2.05) is 12.1 Å². The average molecular weight is 225 g/mol. The summed E-state index contributed by atoms with van der Waals surface area (Å²) in [5.41, 5.74) is 1.36. The van der Waals surface area contributed by atoms with E-state index in [0.717, 1.165) is 12.2 Å². The molecule has 1 fully saturated rings. The molecule has 0 aromatic heterocycles. The van der Waals surface area contributed by atoms with Gasteiger partial charge in [-0.3, -0.25) is 0 Å². The SMILES string of the molecule is COc1ccc(C2CCCCC2Cl)cc1. The summed E-state index contributed by atoms with van der Waals surface area (Å²) in [6, 6.07) is 8.33. The van der Waals surface area contributed by atoms with E-state index in [0.29, 0.717) is 11.3 Å². The number of benzene rings is 1. The van der Waals surface area contributed by atoms with Gasteiger partial charge in [-0.05, 0) is 30.5 Å². The first-order valence-electron chi connectivity index (χ1n) is 5.59. The molecule has 1 aromatic carbocycles. The van der Waals surface area contributed by atoms with Crippen LogP contribution in [0.25, 0.3) is 0 Å².